The topological polar surface area (TPSA) is 75.9 Å². The zero-order chi connectivity index (χ0) is 19.4. The van der Waals surface area contributed by atoms with Crippen LogP contribution in [0.15, 0.2) is 24.3 Å². The number of piperidine rings is 1. The average molecular weight is 373 g/mol. The van der Waals surface area contributed by atoms with Gasteiger partial charge in [-0.3, -0.25) is 14.5 Å². The Bertz CT molecular complexity index is 677. The van der Waals surface area contributed by atoms with Crippen LogP contribution < -0.4 is 5.73 Å². The summed E-state index contributed by atoms with van der Waals surface area (Å²) in [4.78, 5) is 28.8. The molecule has 0 aliphatic carbocycles. The molecular weight excluding hydrogens is 342 g/mol. The summed E-state index contributed by atoms with van der Waals surface area (Å²) in [6.07, 6.45) is 2.72. The third-order valence-electron chi connectivity index (χ3n) is 6.40. The molecule has 148 valence electrons. The molecule has 0 spiro atoms. The summed E-state index contributed by atoms with van der Waals surface area (Å²) in [5.41, 5.74) is 7.53. The third-order valence-corrected chi connectivity index (χ3v) is 6.40. The summed E-state index contributed by atoms with van der Waals surface area (Å²) >= 11 is 0. The Morgan fingerprint density at radius 1 is 1.22 bits per heavy atom. The number of likely N-dealkylation sites (tertiary alicyclic amines) is 2. The van der Waals surface area contributed by atoms with Crippen molar-refractivity contribution in [2.24, 2.45) is 11.1 Å². The average Bonchev–Trinajstić information content (AvgIpc) is 2.61. The number of carbonyl (C=O) groups excluding carboxylic acids is 2. The van der Waals surface area contributed by atoms with E-state index in [-0.39, 0.29) is 11.8 Å². The lowest BCUT2D eigenvalue weighted by Gasteiger charge is -2.49. The number of ether oxygens (including phenoxy) is 1. The van der Waals surface area contributed by atoms with Gasteiger partial charge in [-0.1, -0.05) is 24.3 Å². The van der Waals surface area contributed by atoms with E-state index in [2.05, 4.69) is 4.90 Å². The molecule has 2 N–H and O–H groups in total. The molecule has 0 saturated carbocycles. The Balaban J connectivity index is 1.47. The van der Waals surface area contributed by atoms with Gasteiger partial charge in [-0.25, -0.2) is 0 Å². The van der Waals surface area contributed by atoms with Crippen LogP contribution >= 0.6 is 0 Å². The van der Waals surface area contributed by atoms with Gasteiger partial charge in [-0.2, -0.15) is 0 Å². The highest BCUT2D eigenvalue weighted by Gasteiger charge is 2.43. The Hall–Kier alpha value is -1.92. The Kier molecular flexibility index (Phi) is 6.17. The number of primary amides is 1. The minimum absolute atomic E-state index is 0.198. The fraction of sp³-hybridized carbons (Fsp3) is 0.619. The summed E-state index contributed by atoms with van der Waals surface area (Å²) < 4.78 is 5.16. The first-order chi connectivity index (χ1) is 12.9. The first-order valence-corrected chi connectivity index (χ1v) is 9.80. The van der Waals surface area contributed by atoms with E-state index in [1.54, 1.807) is 7.11 Å². The molecular formula is C21H31N3O3. The number of nitrogens with two attached hydrogens (primary N) is 1. The Morgan fingerprint density at radius 3 is 2.48 bits per heavy atom. The number of carbonyl (C=O) groups is 2. The van der Waals surface area contributed by atoms with Crippen molar-refractivity contribution in [1.29, 1.82) is 0 Å². The smallest absolute Gasteiger partial charge is 0.227 e. The van der Waals surface area contributed by atoms with E-state index in [1.807, 2.05) is 36.1 Å². The maximum Gasteiger partial charge on any atom is 0.227 e. The number of amides is 2. The molecule has 1 aromatic carbocycles. The second-order valence-corrected chi connectivity index (χ2v) is 7.98. The molecule has 27 heavy (non-hydrogen) atoms. The number of methoxy groups -OCH3 is 1. The molecule has 0 unspecified atom stereocenters. The Morgan fingerprint density at radius 2 is 1.89 bits per heavy atom. The van der Waals surface area contributed by atoms with Crippen molar-refractivity contribution in [1.82, 2.24) is 9.80 Å². The number of aryl methyl sites for hydroxylation is 1. The Labute approximate surface area is 161 Å². The van der Waals surface area contributed by atoms with Crippen LogP contribution in [0, 0.1) is 12.3 Å². The lowest BCUT2D eigenvalue weighted by atomic mass is 9.74. The normalized spacial score (nSPS) is 20.3. The number of hydrogen-bond acceptors (Lipinski definition) is 4. The summed E-state index contributed by atoms with van der Waals surface area (Å²) in [6.45, 7) is 5.89. The van der Waals surface area contributed by atoms with E-state index in [0.29, 0.717) is 25.5 Å². The van der Waals surface area contributed by atoms with Crippen LogP contribution in [-0.4, -0.2) is 67.6 Å². The second-order valence-electron chi connectivity index (χ2n) is 7.98. The van der Waals surface area contributed by atoms with Crippen molar-refractivity contribution < 1.29 is 14.3 Å². The van der Waals surface area contributed by atoms with Gasteiger partial charge in [0.2, 0.25) is 11.8 Å². The molecule has 1 aromatic rings. The maximum atomic E-state index is 12.5. The molecule has 6 heteroatoms. The molecule has 3 rings (SSSR count). The van der Waals surface area contributed by atoms with E-state index in [4.69, 9.17) is 10.5 Å². The first kappa shape index (κ1) is 19.8. The monoisotopic (exact) mass is 373 g/mol. The van der Waals surface area contributed by atoms with Crippen LogP contribution in [0.2, 0.25) is 0 Å². The van der Waals surface area contributed by atoms with Gasteiger partial charge in [0.1, 0.15) is 0 Å². The predicted octanol–water partition coefficient (Wildman–Crippen LogP) is 1.35. The van der Waals surface area contributed by atoms with Crippen LogP contribution in [0.4, 0.5) is 0 Å². The lowest BCUT2D eigenvalue weighted by Crippen LogP contribution is -2.63. The standard InChI is InChI=1S/C21H31N3O3/c1-16-5-3-4-6-17(16)13-19(25)24-14-18(15-24)23-10-7-21(8-11-23,20(22)26)9-12-27-2/h3-6,18H,7-15H2,1-2H3,(H2,22,26). The summed E-state index contributed by atoms with van der Waals surface area (Å²) in [7, 11) is 1.65. The van der Waals surface area contributed by atoms with Crippen LogP contribution in [0.25, 0.3) is 0 Å². The molecule has 2 aliphatic heterocycles. The van der Waals surface area contributed by atoms with Gasteiger partial charge in [0.15, 0.2) is 0 Å². The minimum Gasteiger partial charge on any atom is -0.385 e. The van der Waals surface area contributed by atoms with Crippen LogP contribution in [0.1, 0.15) is 30.4 Å². The number of benzene rings is 1. The number of hydrogen-bond donors (Lipinski definition) is 1. The van der Waals surface area contributed by atoms with Crippen LogP contribution in [0.5, 0.6) is 0 Å². The highest BCUT2D eigenvalue weighted by atomic mass is 16.5. The lowest BCUT2D eigenvalue weighted by molar-refractivity contribution is -0.140. The van der Waals surface area contributed by atoms with E-state index >= 15 is 0 Å². The van der Waals surface area contributed by atoms with Crippen molar-refractivity contribution in [3.05, 3.63) is 35.4 Å². The van der Waals surface area contributed by atoms with Crippen molar-refractivity contribution in [3.63, 3.8) is 0 Å². The number of nitrogens with zero attached hydrogens (tertiary/aromatic N) is 2. The first-order valence-electron chi connectivity index (χ1n) is 9.80. The van der Waals surface area contributed by atoms with Crippen LogP contribution in [0.3, 0.4) is 0 Å². The van der Waals surface area contributed by atoms with E-state index in [1.165, 1.54) is 0 Å². The highest BCUT2D eigenvalue weighted by molar-refractivity contribution is 5.81. The second kappa shape index (κ2) is 8.40. The maximum absolute atomic E-state index is 12.5. The van der Waals surface area contributed by atoms with Crippen molar-refractivity contribution in [2.75, 3.05) is 39.9 Å². The van der Waals surface area contributed by atoms with Gasteiger partial charge in [0, 0.05) is 32.8 Å². The highest BCUT2D eigenvalue weighted by Crippen LogP contribution is 2.36. The minimum atomic E-state index is -0.434. The predicted molar refractivity (Wildman–Crippen MR) is 104 cm³/mol. The third kappa shape index (κ3) is 4.33. The van der Waals surface area contributed by atoms with Gasteiger partial charge >= 0.3 is 0 Å². The number of rotatable bonds is 7. The fourth-order valence-electron chi connectivity index (χ4n) is 4.21. The molecule has 2 amide bonds. The molecule has 6 nitrogen and oxygen atoms in total. The molecule has 2 saturated heterocycles. The van der Waals surface area contributed by atoms with Crippen LogP contribution in [-0.2, 0) is 20.7 Å². The van der Waals surface area contributed by atoms with E-state index < -0.39 is 5.41 Å². The molecule has 0 atom stereocenters. The molecule has 2 fully saturated rings. The fourth-order valence-corrected chi connectivity index (χ4v) is 4.21. The molecule has 0 aromatic heterocycles. The molecule has 0 bridgehead atoms. The van der Waals surface area contributed by atoms with Gasteiger partial charge in [0.25, 0.3) is 0 Å². The van der Waals surface area contributed by atoms with Crippen molar-refractivity contribution in [3.8, 4) is 0 Å². The quantitative estimate of drug-likeness (QED) is 0.783. The molecule has 0 radical (unpaired) electrons. The zero-order valence-electron chi connectivity index (χ0n) is 16.4. The SMILES string of the molecule is COCCC1(C(N)=O)CCN(C2CN(C(=O)Cc3ccccc3C)C2)CC1. The van der Waals surface area contributed by atoms with Gasteiger partial charge in [-0.15, -0.1) is 0 Å². The van der Waals surface area contributed by atoms with E-state index in [9.17, 15) is 9.59 Å². The molecule has 2 heterocycles. The summed E-state index contributed by atoms with van der Waals surface area (Å²) in [6, 6.07) is 8.45. The van der Waals surface area contributed by atoms with Crippen molar-refractivity contribution >= 4 is 11.8 Å². The summed E-state index contributed by atoms with van der Waals surface area (Å²) in [5.74, 6) is -0.00742. The van der Waals surface area contributed by atoms with E-state index in [0.717, 1.165) is 50.1 Å². The largest absolute Gasteiger partial charge is 0.385 e. The zero-order valence-corrected chi connectivity index (χ0v) is 16.4. The van der Waals surface area contributed by atoms with Gasteiger partial charge in [-0.05, 0) is 50.4 Å². The van der Waals surface area contributed by atoms with Gasteiger partial charge in [0.05, 0.1) is 11.8 Å². The summed E-state index contributed by atoms with van der Waals surface area (Å²) in [5, 5.41) is 0. The van der Waals surface area contributed by atoms with Crippen molar-refractivity contribution in [2.45, 2.75) is 38.6 Å². The van der Waals surface area contributed by atoms with Gasteiger partial charge < -0.3 is 15.4 Å². The molecule has 2 aliphatic rings.